The molecular weight excluding hydrogens is 276 g/mol. The molecule has 1 aromatic carbocycles. The van der Waals surface area contributed by atoms with Crippen LogP contribution in [0, 0.1) is 0 Å². The number of alkyl halides is 3. The second-order valence-electron chi connectivity index (χ2n) is 4.61. The Kier molecular flexibility index (Phi) is 5.78. The average Bonchev–Trinajstić information content (AvgIpc) is 2.26. The van der Waals surface area contributed by atoms with Crippen molar-refractivity contribution in [2.75, 3.05) is 0 Å². The standard InChI is InChI=1S/C13H18F3O2P/c1-9(2)17-19(18-10(3)4)12-7-5-6-11(8-12)13(14,15)16/h5-10H,1-4H3. The molecule has 1 aromatic rings. The van der Waals surface area contributed by atoms with Crippen molar-refractivity contribution in [3.63, 3.8) is 0 Å². The fourth-order valence-electron chi connectivity index (χ4n) is 1.33. The van der Waals surface area contributed by atoms with Gasteiger partial charge in [0.25, 0.3) is 0 Å². The van der Waals surface area contributed by atoms with Crippen LogP contribution in [-0.2, 0) is 15.2 Å². The summed E-state index contributed by atoms with van der Waals surface area (Å²) in [5.41, 5.74) is -0.683. The molecule has 0 heterocycles. The maximum Gasteiger partial charge on any atom is 0.416 e. The van der Waals surface area contributed by atoms with Gasteiger partial charge in [0.1, 0.15) is 0 Å². The van der Waals surface area contributed by atoms with Crippen molar-refractivity contribution in [3.05, 3.63) is 29.8 Å². The Hall–Kier alpha value is -0.640. The van der Waals surface area contributed by atoms with E-state index in [1.807, 2.05) is 27.7 Å². The Morgan fingerprint density at radius 1 is 1.00 bits per heavy atom. The zero-order valence-electron chi connectivity index (χ0n) is 11.4. The van der Waals surface area contributed by atoms with E-state index in [1.54, 1.807) is 6.07 Å². The van der Waals surface area contributed by atoms with Crippen LogP contribution in [0.1, 0.15) is 33.3 Å². The van der Waals surface area contributed by atoms with Crippen LogP contribution in [0.25, 0.3) is 0 Å². The summed E-state index contributed by atoms with van der Waals surface area (Å²) >= 11 is 0. The van der Waals surface area contributed by atoms with Crippen molar-refractivity contribution in [1.82, 2.24) is 0 Å². The van der Waals surface area contributed by atoms with Crippen molar-refractivity contribution in [1.29, 1.82) is 0 Å². The van der Waals surface area contributed by atoms with Crippen LogP contribution in [0.3, 0.4) is 0 Å². The maximum absolute atomic E-state index is 12.7. The summed E-state index contributed by atoms with van der Waals surface area (Å²) in [5, 5.41) is 0.437. The van der Waals surface area contributed by atoms with Crippen LogP contribution in [-0.4, -0.2) is 12.2 Å². The van der Waals surface area contributed by atoms with Crippen LogP contribution < -0.4 is 5.30 Å². The van der Waals surface area contributed by atoms with Crippen molar-refractivity contribution in [3.8, 4) is 0 Å². The summed E-state index contributed by atoms with van der Waals surface area (Å²) in [4.78, 5) is 0. The lowest BCUT2D eigenvalue weighted by Gasteiger charge is -2.22. The molecule has 1 rings (SSSR count). The van der Waals surface area contributed by atoms with Gasteiger partial charge in [-0.25, -0.2) is 0 Å². The third-order valence-electron chi connectivity index (χ3n) is 2.00. The van der Waals surface area contributed by atoms with Gasteiger partial charge < -0.3 is 9.05 Å². The highest BCUT2D eigenvalue weighted by atomic mass is 31.2. The van der Waals surface area contributed by atoms with E-state index in [1.165, 1.54) is 6.07 Å². The quantitative estimate of drug-likeness (QED) is 0.745. The van der Waals surface area contributed by atoms with E-state index < -0.39 is 20.1 Å². The van der Waals surface area contributed by atoms with Gasteiger partial charge in [-0.2, -0.15) is 13.2 Å². The van der Waals surface area contributed by atoms with Crippen LogP contribution in [0.4, 0.5) is 13.2 Å². The molecule has 0 fully saturated rings. The van der Waals surface area contributed by atoms with Crippen molar-refractivity contribution >= 4 is 13.7 Å². The number of hydrogen-bond donors (Lipinski definition) is 0. The number of halogens is 3. The van der Waals surface area contributed by atoms with Crippen molar-refractivity contribution < 1.29 is 22.2 Å². The second-order valence-corrected chi connectivity index (χ2v) is 6.07. The van der Waals surface area contributed by atoms with E-state index in [2.05, 4.69) is 0 Å². The van der Waals surface area contributed by atoms with Crippen molar-refractivity contribution in [2.24, 2.45) is 0 Å². The largest absolute Gasteiger partial charge is 0.416 e. The summed E-state index contributed by atoms with van der Waals surface area (Å²) in [5.74, 6) is 0. The summed E-state index contributed by atoms with van der Waals surface area (Å²) in [7, 11) is -1.50. The van der Waals surface area contributed by atoms with E-state index in [9.17, 15) is 13.2 Å². The predicted molar refractivity (Wildman–Crippen MR) is 70.4 cm³/mol. The Bertz CT molecular complexity index is 395. The zero-order valence-corrected chi connectivity index (χ0v) is 12.3. The molecule has 0 N–H and O–H groups in total. The molecule has 0 aliphatic heterocycles. The molecule has 0 aliphatic rings. The van der Waals surface area contributed by atoms with E-state index in [0.717, 1.165) is 12.1 Å². The molecule has 6 heteroatoms. The normalized spacial score (nSPS) is 12.7. The number of rotatable bonds is 5. The third-order valence-corrected chi connectivity index (χ3v) is 3.92. The highest BCUT2D eigenvalue weighted by Gasteiger charge is 2.31. The van der Waals surface area contributed by atoms with Crippen LogP contribution in [0.5, 0.6) is 0 Å². The molecule has 0 radical (unpaired) electrons. The van der Waals surface area contributed by atoms with Gasteiger partial charge in [-0.1, -0.05) is 6.07 Å². The van der Waals surface area contributed by atoms with Crippen LogP contribution in [0.2, 0.25) is 0 Å². The van der Waals surface area contributed by atoms with Crippen LogP contribution >= 0.6 is 8.38 Å². The van der Waals surface area contributed by atoms with Gasteiger partial charge in [-0.15, -0.1) is 0 Å². The molecular formula is C13H18F3O2P. The van der Waals surface area contributed by atoms with E-state index in [-0.39, 0.29) is 12.2 Å². The van der Waals surface area contributed by atoms with Gasteiger partial charge in [-0.05, 0) is 45.9 Å². The van der Waals surface area contributed by atoms with Gasteiger partial charge >= 0.3 is 6.18 Å². The third kappa shape index (κ3) is 5.47. The smallest absolute Gasteiger partial charge is 0.328 e. The summed E-state index contributed by atoms with van der Waals surface area (Å²) < 4.78 is 49.2. The molecule has 19 heavy (non-hydrogen) atoms. The first-order valence-corrected chi connectivity index (χ1v) is 7.19. The minimum atomic E-state index is -4.35. The first kappa shape index (κ1) is 16.4. The number of hydrogen-bond acceptors (Lipinski definition) is 2. The topological polar surface area (TPSA) is 18.5 Å². The zero-order chi connectivity index (χ0) is 14.6. The van der Waals surface area contributed by atoms with Crippen molar-refractivity contribution in [2.45, 2.75) is 46.1 Å². The molecule has 0 bridgehead atoms. The second kappa shape index (κ2) is 6.69. The van der Waals surface area contributed by atoms with Gasteiger partial charge in [0.05, 0.1) is 17.8 Å². The summed E-state index contributed by atoms with van der Waals surface area (Å²) in [6.07, 6.45) is -4.58. The molecule has 0 aromatic heterocycles. The predicted octanol–water partition coefficient (Wildman–Crippen LogP) is 4.49. The minimum Gasteiger partial charge on any atom is -0.328 e. The van der Waals surface area contributed by atoms with Crippen LogP contribution in [0.15, 0.2) is 24.3 Å². The molecule has 0 unspecified atom stereocenters. The molecule has 0 spiro atoms. The fourth-order valence-corrected chi connectivity index (χ4v) is 2.84. The Morgan fingerprint density at radius 2 is 1.53 bits per heavy atom. The minimum absolute atomic E-state index is 0.112. The SMILES string of the molecule is CC(C)OP(OC(C)C)c1cccc(C(F)(F)F)c1. The Morgan fingerprint density at radius 3 is 1.95 bits per heavy atom. The molecule has 0 saturated carbocycles. The molecule has 108 valence electrons. The van der Waals surface area contributed by atoms with Gasteiger partial charge in [0.15, 0.2) is 0 Å². The van der Waals surface area contributed by atoms with E-state index in [0.29, 0.717) is 5.30 Å². The highest BCUT2D eigenvalue weighted by molar-refractivity contribution is 7.56. The van der Waals surface area contributed by atoms with Gasteiger partial charge in [-0.3, -0.25) is 0 Å². The lowest BCUT2D eigenvalue weighted by molar-refractivity contribution is -0.137. The van der Waals surface area contributed by atoms with Gasteiger partial charge in [0.2, 0.25) is 8.38 Å². The highest BCUT2D eigenvalue weighted by Crippen LogP contribution is 2.41. The first-order valence-electron chi connectivity index (χ1n) is 6.01. The number of benzene rings is 1. The maximum atomic E-state index is 12.7. The average molecular weight is 294 g/mol. The summed E-state index contributed by atoms with van der Waals surface area (Å²) in [6.45, 7) is 7.30. The lowest BCUT2D eigenvalue weighted by atomic mass is 10.2. The van der Waals surface area contributed by atoms with E-state index >= 15 is 0 Å². The molecule has 0 amide bonds. The van der Waals surface area contributed by atoms with E-state index in [4.69, 9.17) is 9.05 Å². The first-order chi connectivity index (χ1) is 8.70. The Balaban J connectivity index is 3.01. The van der Waals surface area contributed by atoms with Gasteiger partial charge in [0, 0.05) is 5.30 Å². The molecule has 0 atom stereocenters. The lowest BCUT2D eigenvalue weighted by Crippen LogP contribution is -2.15. The monoisotopic (exact) mass is 294 g/mol. The molecule has 0 saturated heterocycles. The Labute approximate surface area is 112 Å². The molecule has 0 aliphatic carbocycles. The summed E-state index contributed by atoms with van der Waals surface area (Å²) in [6, 6.07) is 5.12. The molecule has 2 nitrogen and oxygen atoms in total. The fraction of sp³-hybridized carbons (Fsp3) is 0.538.